The van der Waals surface area contributed by atoms with Gasteiger partial charge >= 0.3 is 0 Å². The molecule has 0 aliphatic rings. The first kappa shape index (κ1) is 15.0. The number of para-hydroxylation sites is 1. The van der Waals surface area contributed by atoms with Crippen LogP contribution >= 0.6 is 0 Å². The lowest BCUT2D eigenvalue weighted by atomic mass is 10.1. The maximum atomic E-state index is 12.4. The Hall–Kier alpha value is -2.07. The van der Waals surface area contributed by atoms with Crippen LogP contribution in [0.25, 0.3) is 0 Å². The van der Waals surface area contributed by atoms with E-state index in [0.29, 0.717) is 24.5 Å². The Morgan fingerprint density at radius 2 is 2.05 bits per heavy atom. The average Bonchev–Trinajstić information content (AvgIpc) is 2.44. The predicted molar refractivity (Wildman–Crippen MR) is 75.3 cm³/mol. The van der Waals surface area contributed by atoms with Gasteiger partial charge in [-0.15, -0.1) is 6.58 Å². The number of amides is 1. The zero-order chi connectivity index (χ0) is 14.1. The van der Waals surface area contributed by atoms with Crippen molar-refractivity contribution in [1.29, 1.82) is 0 Å². The topological polar surface area (TPSA) is 49.8 Å². The van der Waals surface area contributed by atoms with Gasteiger partial charge in [0.25, 0.3) is 5.91 Å². The molecule has 0 unspecified atom stereocenters. The SMILES string of the molecule is C=CCOc1ccccc1C(=O)N(CC=C)CCO. The van der Waals surface area contributed by atoms with Crippen molar-refractivity contribution < 1.29 is 14.6 Å². The van der Waals surface area contributed by atoms with Crippen LogP contribution in [0.4, 0.5) is 0 Å². The van der Waals surface area contributed by atoms with Gasteiger partial charge in [0.05, 0.1) is 12.2 Å². The van der Waals surface area contributed by atoms with Crippen LogP contribution in [0.1, 0.15) is 10.4 Å². The molecule has 1 N–H and O–H groups in total. The Labute approximate surface area is 113 Å². The third-order valence-corrected chi connectivity index (χ3v) is 2.48. The maximum absolute atomic E-state index is 12.4. The number of carbonyl (C=O) groups is 1. The van der Waals surface area contributed by atoms with E-state index in [1.54, 1.807) is 36.4 Å². The Bertz CT molecular complexity index is 443. The number of carbonyl (C=O) groups excluding carboxylic acids is 1. The summed E-state index contributed by atoms with van der Waals surface area (Å²) >= 11 is 0. The Morgan fingerprint density at radius 3 is 2.68 bits per heavy atom. The summed E-state index contributed by atoms with van der Waals surface area (Å²) in [6.45, 7) is 8.09. The highest BCUT2D eigenvalue weighted by molar-refractivity contribution is 5.97. The minimum absolute atomic E-state index is 0.0880. The van der Waals surface area contributed by atoms with Crippen molar-refractivity contribution in [2.45, 2.75) is 0 Å². The second kappa shape index (κ2) is 8.11. The molecule has 0 spiro atoms. The Kier molecular flexibility index (Phi) is 6.39. The summed E-state index contributed by atoms with van der Waals surface area (Å²) in [5, 5.41) is 9.00. The van der Waals surface area contributed by atoms with Crippen LogP contribution in [-0.2, 0) is 0 Å². The first-order valence-corrected chi connectivity index (χ1v) is 6.08. The average molecular weight is 261 g/mol. The zero-order valence-corrected chi connectivity index (χ0v) is 10.9. The minimum Gasteiger partial charge on any atom is -0.489 e. The largest absolute Gasteiger partial charge is 0.489 e. The lowest BCUT2D eigenvalue weighted by Gasteiger charge is -2.21. The first-order valence-electron chi connectivity index (χ1n) is 6.08. The molecule has 102 valence electrons. The molecule has 4 nitrogen and oxygen atoms in total. The predicted octanol–water partition coefficient (Wildman–Crippen LogP) is 1.87. The monoisotopic (exact) mass is 261 g/mol. The van der Waals surface area contributed by atoms with E-state index in [9.17, 15) is 4.79 Å². The molecule has 0 heterocycles. The minimum atomic E-state index is -0.186. The fourth-order valence-corrected chi connectivity index (χ4v) is 1.64. The van der Waals surface area contributed by atoms with Crippen LogP contribution in [0.5, 0.6) is 5.75 Å². The molecular weight excluding hydrogens is 242 g/mol. The van der Waals surface area contributed by atoms with E-state index in [4.69, 9.17) is 9.84 Å². The van der Waals surface area contributed by atoms with Crippen molar-refractivity contribution in [3.8, 4) is 5.75 Å². The lowest BCUT2D eigenvalue weighted by molar-refractivity contribution is 0.0739. The number of nitrogens with zero attached hydrogens (tertiary/aromatic N) is 1. The van der Waals surface area contributed by atoms with Crippen LogP contribution < -0.4 is 4.74 Å². The fraction of sp³-hybridized carbons (Fsp3) is 0.267. The quantitative estimate of drug-likeness (QED) is 0.727. The van der Waals surface area contributed by atoms with E-state index in [0.717, 1.165) is 0 Å². The standard InChI is InChI=1S/C15H19NO3/c1-3-9-16(10-11-17)15(18)13-7-5-6-8-14(13)19-12-4-2/h3-8,17H,1-2,9-12H2. The molecule has 1 aromatic carbocycles. The van der Waals surface area contributed by atoms with E-state index < -0.39 is 0 Å². The Morgan fingerprint density at radius 1 is 1.32 bits per heavy atom. The smallest absolute Gasteiger partial charge is 0.257 e. The highest BCUT2D eigenvalue weighted by Gasteiger charge is 2.17. The molecule has 0 aliphatic heterocycles. The molecule has 0 fully saturated rings. The van der Waals surface area contributed by atoms with E-state index in [2.05, 4.69) is 13.2 Å². The molecular formula is C15H19NO3. The number of aliphatic hydroxyl groups is 1. The third kappa shape index (κ3) is 4.26. The van der Waals surface area contributed by atoms with Crippen molar-refractivity contribution in [2.75, 3.05) is 26.3 Å². The summed E-state index contributed by atoms with van der Waals surface area (Å²) in [7, 11) is 0. The van der Waals surface area contributed by atoms with Gasteiger partial charge in [0.1, 0.15) is 12.4 Å². The number of ether oxygens (including phenoxy) is 1. The van der Waals surface area contributed by atoms with Crippen LogP contribution in [0, 0.1) is 0 Å². The number of hydrogen-bond acceptors (Lipinski definition) is 3. The van der Waals surface area contributed by atoms with Crippen LogP contribution in [0.2, 0.25) is 0 Å². The lowest BCUT2D eigenvalue weighted by Crippen LogP contribution is -2.34. The van der Waals surface area contributed by atoms with E-state index in [-0.39, 0.29) is 19.1 Å². The second-order valence-corrected chi connectivity index (χ2v) is 3.86. The Balaban J connectivity index is 2.95. The summed E-state index contributed by atoms with van der Waals surface area (Å²) in [6, 6.07) is 7.02. The molecule has 0 aromatic heterocycles. The molecule has 0 radical (unpaired) electrons. The fourth-order valence-electron chi connectivity index (χ4n) is 1.64. The summed E-state index contributed by atoms with van der Waals surface area (Å²) < 4.78 is 5.46. The molecule has 0 bridgehead atoms. The summed E-state index contributed by atoms with van der Waals surface area (Å²) in [5.41, 5.74) is 0.472. The van der Waals surface area contributed by atoms with Crippen LogP contribution in [0.15, 0.2) is 49.6 Å². The van der Waals surface area contributed by atoms with Crippen molar-refractivity contribution in [3.05, 3.63) is 55.1 Å². The van der Waals surface area contributed by atoms with E-state index in [1.165, 1.54) is 4.90 Å². The molecule has 0 saturated heterocycles. The highest BCUT2D eigenvalue weighted by atomic mass is 16.5. The molecule has 4 heteroatoms. The summed E-state index contributed by atoms with van der Waals surface area (Å²) in [6.07, 6.45) is 3.25. The number of hydrogen-bond donors (Lipinski definition) is 1. The van der Waals surface area contributed by atoms with Gasteiger partial charge in [0, 0.05) is 13.1 Å². The van der Waals surface area contributed by atoms with Gasteiger partial charge in [0.2, 0.25) is 0 Å². The molecule has 19 heavy (non-hydrogen) atoms. The highest BCUT2D eigenvalue weighted by Crippen LogP contribution is 2.20. The van der Waals surface area contributed by atoms with E-state index >= 15 is 0 Å². The first-order chi connectivity index (χ1) is 9.24. The molecule has 0 aliphatic carbocycles. The van der Waals surface area contributed by atoms with Crippen molar-refractivity contribution in [1.82, 2.24) is 4.90 Å². The van der Waals surface area contributed by atoms with Crippen LogP contribution in [-0.4, -0.2) is 42.2 Å². The molecule has 1 amide bonds. The van der Waals surface area contributed by atoms with Gasteiger partial charge in [-0.1, -0.05) is 30.9 Å². The van der Waals surface area contributed by atoms with E-state index in [1.807, 2.05) is 0 Å². The molecule has 1 aromatic rings. The van der Waals surface area contributed by atoms with Gasteiger partial charge in [-0.3, -0.25) is 4.79 Å². The number of benzene rings is 1. The maximum Gasteiger partial charge on any atom is 0.257 e. The summed E-state index contributed by atoms with van der Waals surface area (Å²) in [5.74, 6) is 0.327. The van der Waals surface area contributed by atoms with Crippen molar-refractivity contribution in [3.63, 3.8) is 0 Å². The molecule has 1 rings (SSSR count). The number of rotatable bonds is 8. The van der Waals surface area contributed by atoms with Crippen molar-refractivity contribution >= 4 is 5.91 Å². The normalized spacial score (nSPS) is 9.74. The second-order valence-electron chi connectivity index (χ2n) is 3.86. The number of aliphatic hydroxyl groups excluding tert-OH is 1. The molecule has 0 saturated carbocycles. The zero-order valence-electron chi connectivity index (χ0n) is 10.9. The summed E-state index contributed by atoms with van der Waals surface area (Å²) in [4.78, 5) is 13.9. The van der Waals surface area contributed by atoms with Gasteiger partial charge in [0.15, 0.2) is 0 Å². The van der Waals surface area contributed by atoms with Crippen LogP contribution in [0.3, 0.4) is 0 Å². The third-order valence-electron chi connectivity index (χ3n) is 2.48. The van der Waals surface area contributed by atoms with Gasteiger partial charge in [-0.2, -0.15) is 0 Å². The van der Waals surface area contributed by atoms with Gasteiger partial charge in [-0.25, -0.2) is 0 Å². The van der Waals surface area contributed by atoms with Gasteiger partial charge in [-0.05, 0) is 12.1 Å². The van der Waals surface area contributed by atoms with Gasteiger partial charge < -0.3 is 14.7 Å². The molecule has 0 atom stereocenters. The van der Waals surface area contributed by atoms with Crippen molar-refractivity contribution in [2.24, 2.45) is 0 Å².